The monoisotopic (exact) mass is 413 g/mol. The molecule has 1 aromatic carbocycles. The summed E-state index contributed by atoms with van der Waals surface area (Å²) in [6.45, 7) is 7.03. The zero-order valence-corrected chi connectivity index (χ0v) is 18.3. The van der Waals surface area contributed by atoms with Crippen molar-refractivity contribution < 1.29 is 9.53 Å². The maximum Gasteiger partial charge on any atom is 0.217 e. The number of nitrogens with one attached hydrogen (secondary N) is 1. The Morgan fingerprint density at radius 2 is 2.14 bits per heavy atom. The largest absolute Gasteiger partial charge is 0.494 e. The Morgan fingerprint density at radius 3 is 2.86 bits per heavy atom. The fraction of sp³-hybridized carbons (Fsp3) is 0.565. The first-order valence-electron chi connectivity index (χ1n) is 10.8. The van der Waals surface area contributed by atoms with Crippen molar-refractivity contribution in [3.05, 3.63) is 34.8 Å². The average molecular weight is 414 g/mol. The number of benzene rings is 1. The Bertz CT molecular complexity index is 833. The molecule has 1 fully saturated rings. The summed E-state index contributed by atoms with van der Waals surface area (Å²) in [5.74, 6) is 0.967. The van der Waals surface area contributed by atoms with E-state index in [2.05, 4.69) is 29.3 Å². The standard InChI is InChI=1S/C23H31N3O2S/c1-16-5-3-12-26(16)13-4-14-28-20-9-6-18(7-10-20)23-25-21-15-19(24-17(2)27)8-11-22(21)29-23/h6-7,9-10,16,19H,3-5,8,11-15H2,1-2H3,(H,24,27). The lowest BCUT2D eigenvalue weighted by molar-refractivity contribution is -0.119. The summed E-state index contributed by atoms with van der Waals surface area (Å²) >= 11 is 1.78. The van der Waals surface area contributed by atoms with Crippen LogP contribution >= 0.6 is 11.3 Å². The van der Waals surface area contributed by atoms with E-state index < -0.39 is 0 Å². The summed E-state index contributed by atoms with van der Waals surface area (Å²) in [6.07, 6.45) is 6.56. The molecule has 156 valence electrons. The van der Waals surface area contributed by atoms with Crippen LogP contribution in [0.1, 0.15) is 50.1 Å². The van der Waals surface area contributed by atoms with Crippen molar-refractivity contribution in [2.45, 2.75) is 64.5 Å². The van der Waals surface area contributed by atoms with Crippen molar-refractivity contribution >= 4 is 17.2 Å². The zero-order valence-electron chi connectivity index (χ0n) is 17.4. The molecule has 1 N–H and O–H groups in total. The number of rotatable bonds is 7. The van der Waals surface area contributed by atoms with Crippen LogP contribution < -0.4 is 10.1 Å². The van der Waals surface area contributed by atoms with Crippen molar-refractivity contribution in [2.24, 2.45) is 0 Å². The van der Waals surface area contributed by atoms with Crippen LogP contribution in [-0.4, -0.2) is 47.6 Å². The van der Waals surface area contributed by atoms with Crippen LogP contribution in [0.5, 0.6) is 5.75 Å². The van der Waals surface area contributed by atoms with E-state index in [-0.39, 0.29) is 11.9 Å². The van der Waals surface area contributed by atoms with Crippen LogP contribution in [-0.2, 0) is 17.6 Å². The molecule has 2 atom stereocenters. The topological polar surface area (TPSA) is 54.5 Å². The summed E-state index contributed by atoms with van der Waals surface area (Å²) in [7, 11) is 0. The smallest absolute Gasteiger partial charge is 0.217 e. The number of aromatic nitrogens is 1. The van der Waals surface area contributed by atoms with Crippen LogP contribution in [0.25, 0.3) is 10.6 Å². The number of thiazole rings is 1. The zero-order chi connectivity index (χ0) is 20.2. The van der Waals surface area contributed by atoms with E-state index >= 15 is 0 Å². The molecule has 1 saturated heterocycles. The van der Waals surface area contributed by atoms with Crippen molar-refractivity contribution in [3.8, 4) is 16.3 Å². The van der Waals surface area contributed by atoms with E-state index in [1.54, 1.807) is 18.3 Å². The van der Waals surface area contributed by atoms with Crippen molar-refractivity contribution in [3.63, 3.8) is 0 Å². The maximum atomic E-state index is 11.3. The number of ether oxygens (including phenoxy) is 1. The van der Waals surface area contributed by atoms with Gasteiger partial charge in [-0.15, -0.1) is 11.3 Å². The first kappa shape index (κ1) is 20.4. The molecule has 0 spiro atoms. The van der Waals surface area contributed by atoms with E-state index in [1.165, 1.54) is 24.3 Å². The van der Waals surface area contributed by atoms with Gasteiger partial charge in [-0.2, -0.15) is 0 Å². The molecule has 1 aromatic heterocycles. The second-order valence-electron chi connectivity index (χ2n) is 8.28. The minimum absolute atomic E-state index is 0.0411. The van der Waals surface area contributed by atoms with Crippen LogP contribution in [0.4, 0.5) is 0 Å². The van der Waals surface area contributed by atoms with E-state index in [0.717, 1.165) is 66.9 Å². The summed E-state index contributed by atoms with van der Waals surface area (Å²) in [4.78, 5) is 20.1. The van der Waals surface area contributed by atoms with Gasteiger partial charge in [-0.05, 0) is 69.8 Å². The molecule has 29 heavy (non-hydrogen) atoms. The van der Waals surface area contributed by atoms with Gasteiger partial charge in [0.25, 0.3) is 0 Å². The third-order valence-corrected chi connectivity index (χ3v) is 7.20. The Labute approximate surface area is 177 Å². The van der Waals surface area contributed by atoms with Gasteiger partial charge in [0.1, 0.15) is 10.8 Å². The average Bonchev–Trinajstić information content (AvgIpc) is 3.31. The van der Waals surface area contributed by atoms with Crippen LogP contribution in [0.15, 0.2) is 24.3 Å². The highest BCUT2D eigenvalue weighted by molar-refractivity contribution is 7.15. The van der Waals surface area contributed by atoms with Gasteiger partial charge in [0.2, 0.25) is 5.91 Å². The van der Waals surface area contributed by atoms with Crippen LogP contribution in [0.2, 0.25) is 0 Å². The highest BCUT2D eigenvalue weighted by Gasteiger charge is 2.23. The van der Waals surface area contributed by atoms with Crippen LogP contribution in [0, 0.1) is 0 Å². The highest BCUT2D eigenvalue weighted by atomic mass is 32.1. The number of amides is 1. The van der Waals surface area contributed by atoms with Gasteiger partial charge >= 0.3 is 0 Å². The second kappa shape index (κ2) is 9.26. The number of nitrogens with zero attached hydrogens (tertiary/aromatic N) is 2. The molecule has 2 aromatic rings. The third kappa shape index (κ3) is 5.17. The van der Waals surface area contributed by atoms with E-state index in [0.29, 0.717) is 0 Å². The predicted octanol–water partition coefficient (Wildman–Crippen LogP) is 4.06. The number of fused-ring (bicyclic) bond motifs is 1. The normalized spacial score (nSPS) is 21.7. The molecule has 2 aliphatic rings. The molecule has 1 aliphatic carbocycles. The lowest BCUT2D eigenvalue weighted by Gasteiger charge is -2.21. The van der Waals surface area contributed by atoms with Gasteiger partial charge in [-0.3, -0.25) is 4.79 Å². The Morgan fingerprint density at radius 1 is 1.31 bits per heavy atom. The van der Waals surface area contributed by atoms with Crippen LogP contribution in [0.3, 0.4) is 0 Å². The van der Waals surface area contributed by atoms with Crippen molar-refractivity contribution in [2.75, 3.05) is 19.7 Å². The number of likely N-dealkylation sites (tertiary alicyclic amines) is 1. The van der Waals surface area contributed by atoms with E-state index in [9.17, 15) is 4.79 Å². The first-order chi connectivity index (χ1) is 14.1. The quantitative estimate of drug-likeness (QED) is 0.696. The molecular weight excluding hydrogens is 382 g/mol. The van der Waals surface area contributed by atoms with Crippen molar-refractivity contribution in [1.29, 1.82) is 0 Å². The minimum atomic E-state index is 0.0411. The van der Waals surface area contributed by atoms with E-state index in [4.69, 9.17) is 9.72 Å². The SMILES string of the molecule is CC(=O)NC1CCc2sc(-c3ccc(OCCCN4CCCC4C)cc3)nc2C1. The lowest BCUT2D eigenvalue weighted by atomic mass is 9.97. The second-order valence-corrected chi connectivity index (χ2v) is 9.37. The molecule has 0 bridgehead atoms. The fourth-order valence-electron chi connectivity index (χ4n) is 4.39. The van der Waals surface area contributed by atoms with E-state index in [1.807, 2.05) is 12.1 Å². The molecular formula is C23H31N3O2S. The summed E-state index contributed by atoms with van der Waals surface area (Å²) in [6, 6.07) is 9.25. The van der Waals surface area contributed by atoms with Gasteiger partial charge in [0.05, 0.1) is 12.3 Å². The molecule has 0 radical (unpaired) electrons. The molecule has 6 heteroatoms. The Hall–Kier alpha value is -1.92. The van der Waals surface area contributed by atoms with Gasteiger partial charge in [0, 0.05) is 42.4 Å². The molecule has 2 unspecified atom stereocenters. The number of hydrogen-bond acceptors (Lipinski definition) is 5. The molecule has 4 rings (SSSR count). The summed E-state index contributed by atoms with van der Waals surface area (Å²) in [5.41, 5.74) is 2.28. The Balaban J connectivity index is 1.29. The number of carbonyl (C=O) groups is 1. The number of carbonyl (C=O) groups excluding carboxylic acids is 1. The minimum Gasteiger partial charge on any atom is -0.494 e. The molecule has 5 nitrogen and oxygen atoms in total. The van der Waals surface area contributed by atoms with Gasteiger partial charge in [0.15, 0.2) is 0 Å². The van der Waals surface area contributed by atoms with Crippen molar-refractivity contribution in [1.82, 2.24) is 15.2 Å². The summed E-state index contributed by atoms with van der Waals surface area (Å²) in [5, 5.41) is 4.09. The molecule has 0 saturated carbocycles. The third-order valence-electron chi connectivity index (χ3n) is 6.00. The number of aryl methyl sites for hydroxylation is 1. The Kier molecular flexibility index (Phi) is 6.50. The van der Waals surface area contributed by atoms with Gasteiger partial charge in [-0.1, -0.05) is 0 Å². The van der Waals surface area contributed by atoms with Gasteiger partial charge < -0.3 is 15.0 Å². The van der Waals surface area contributed by atoms with Gasteiger partial charge in [-0.25, -0.2) is 4.98 Å². The lowest BCUT2D eigenvalue weighted by Crippen LogP contribution is -2.37. The summed E-state index contributed by atoms with van der Waals surface area (Å²) < 4.78 is 5.94. The predicted molar refractivity (Wildman–Crippen MR) is 118 cm³/mol. The molecule has 1 aliphatic heterocycles. The highest BCUT2D eigenvalue weighted by Crippen LogP contribution is 2.33. The maximum absolute atomic E-state index is 11.3. The molecule has 1 amide bonds. The molecule has 2 heterocycles. The first-order valence-corrected chi connectivity index (χ1v) is 11.6. The number of hydrogen-bond donors (Lipinski definition) is 1. The fourth-order valence-corrected chi connectivity index (χ4v) is 5.50.